The van der Waals surface area contributed by atoms with E-state index in [0.29, 0.717) is 17.7 Å². The molecule has 0 radical (unpaired) electrons. The summed E-state index contributed by atoms with van der Waals surface area (Å²) in [6.45, 7) is 11.5. The normalized spacial score (nSPS) is 15.3. The van der Waals surface area contributed by atoms with E-state index in [0.717, 1.165) is 52.6 Å². The molecule has 3 aromatic rings. The number of benzene rings is 2. The van der Waals surface area contributed by atoms with E-state index in [-0.39, 0.29) is 5.25 Å². The van der Waals surface area contributed by atoms with Crippen molar-refractivity contribution in [3.63, 3.8) is 0 Å². The Labute approximate surface area is 196 Å². The number of piperidine rings is 1. The Hall–Kier alpha value is -2.18. The van der Waals surface area contributed by atoms with E-state index in [2.05, 4.69) is 47.5 Å². The van der Waals surface area contributed by atoms with Gasteiger partial charge in [0.05, 0.1) is 15.8 Å². The van der Waals surface area contributed by atoms with E-state index in [1.54, 1.807) is 11.3 Å². The molecule has 0 atom stereocenters. The summed E-state index contributed by atoms with van der Waals surface area (Å²) in [5, 5.41) is 2.80. The van der Waals surface area contributed by atoms with Gasteiger partial charge in [0.15, 0.2) is 15.0 Å². The molecule has 4 rings (SSSR count). The maximum atomic E-state index is 13.6. The van der Waals surface area contributed by atoms with Crippen molar-refractivity contribution in [3.8, 4) is 0 Å². The molecule has 2 heterocycles. The Morgan fingerprint density at radius 2 is 1.59 bits per heavy atom. The molecule has 0 aliphatic carbocycles. The number of aromatic nitrogens is 1. The van der Waals surface area contributed by atoms with Crippen LogP contribution in [-0.2, 0) is 16.3 Å². The summed E-state index contributed by atoms with van der Waals surface area (Å²) in [6.07, 6.45) is 2.11. The van der Waals surface area contributed by atoms with E-state index in [1.807, 2.05) is 27.7 Å². The van der Waals surface area contributed by atoms with Crippen LogP contribution in [-0.4, -0.2) is 31.7 Å². The van der Waals surface area contributed by atoms with Gasteiger partial charge < -0.3 is 4.90 Å². The van der Waals surface area contributed by atoms with Crippen LogP contribution in [0, 0.1) is 34.6 Å². The number of rotatable bonds is 5. The third kappa shape index (κ3) is 4.35. The molecule has 0 saturated carbocycles. The Kier molecular flexibility index (Phi) is 6.46. The molecule has 0 spiro atoms. The van der Waals surface area contributed by atoms with E-state index < -0.39 is 9.84 Å². The van der Waals surface area contributed by atoms with Crippen molar-refractivity contribution in [1.29, 1.82) is 0 Å². The molecule has 0 bridgehead atoms. The van der Waals surface area contributed by atoms with Crippen molar-refractivity contribution >= 4 is 26.3 Å². The smallest absolute Gasteiger partial charge is 0.185 e. The summed E-state index contributed by atoms with van der Waals surface area (Å²) >= 11 is 1.66. The quantitative estimate of drug-likeness (QED) is 0.481. The van der Waals surface area contributed by atoms with Crippen LogP contribution in [0.3, 0.4) is 0 Å². The zero-order valence-electron chi connectivity index (χ0n) is 19.6. The van der Waals surface area contributed by atoms with Gasteiger partial charge in [-0.1, -0.05) is 30.3 Å². The lowest BCUT2D eigenvalue weighted by Crippen LogP contribution is -2.39. The number of hydrogen-bond acceptors (Lipinski definition) is 5. The van der Waals surface area contributed by atoms with Crippen LogP contribution < -0.4 is 4.90 Å². The van der Waals surface area contributed by atoms with Gasteiger partial charge >= 0.3 is 0 Å². The minimum Gasteiger partial charge on any atom is -0.348 e. The van der Waals surface area contributed by atoms with Crippen LogP contribution in [0.25, 0.3) is 0 Å². The van der Waals surface area contributed by atoms with Crippen molar-refractivity contribution in [1.82, 2.24) is 4.98 Å². The maximum Gasteiger partial charge on any atom is 0.185 e. The maximum absolute atomic E-state index is 13.6. The zero-order chi connectivity index (χ0) is 23.0. The molecule has 6 heteroatoms. The van der Waals surface area contributed by atoms with Crippen molar-refractivity contribution in [2.24, 2.45) is 0 Å². The highest BCUT2D eigenvalue weighted by Crippen LogP contribution is 2.34. The van der Waals surface area contributed by atoms with Crippen LogP contribution in [0.1, 0.15) is 51.9 Å². The predicted molar refractivity (Wildman–Crippen MR) is 134 cm³/mol. The number of sulfone groups is 1. The van der Waals surface area contributed by atoms with Crippen LogP contribution >= 0.6 is 11.3 Å². The van der Waals surface area contributed by atoms with Crippen LogP contribution in [0.4, 0.5) is 5.13 Å². The lowest BCUT2D eigenvalue weighted by molar-refractivity contribution is 0.528. The molecule has 1 aliphatic heterocycles. The van der Waals surface area contributed by atoms with Gasteiger partial charge in [0.1, 0.15) is 0 Å². The van der Waals surface area contributed by atoms with Crippen molar-refractivity contribution in [2.75, 3.05) is 18.0 Å². The van der Waals surface area contributed by atoms with Crippen molar-refractivity contribution < 1.29 is 8.42 Å². The van der Waals surface area contributed by atoms with Crippen LogP contribution in [0.5, 0.6) is 0 Å². The first-order chi connectivity index (χ1) is 15.2. The lowest BCUT2D eigenvalue weighted by Gasteiger charge is -2.32. The Balaban J connectivity index is 1.47. The number of thiazole rings is 1. The Morgan fingerprint density at radius 3 is 2.22 bits per heavy atom. The summed E-state index contributed by atoms with van der Waals surface area (Å²) in [5.74, 6) is 0. The SMILES string of the molecule is Cc1ccccc1Cc1csc(N2CCC(S(=O)(=O)c3c(C)c(C)cc(C)c3C)CC2)n1. The average Bonchev–Trinajstić information content (AvgIpc) is 3.23. The second-order valence-corrected chi connectivity index (χ2v) is 12.0. The summed E-state index contributed by atoms with van der Waals surface area (Å²) in [6, 6.07) is 10.5. The Morgan fingerprint density at radius 1 is 0.969 bits per heavy atom. The van der Waals surface area contributed by atoms with Crippen LogP contribution in [0.15, 0.2) is 40.6 Å². The minimum atomic E-state index is -3.36. The lowest BCUT2D eigenvalue weighted by atomic mass is 10.0. The van der Waals surface area contributed by atoms with Gasteiger partial charge in [0, 0.05) is 24.9 Å². The number of anilines is 1. The molecule has 1 saturated heterocycles. The Bertz CT molecular complexity index is 1210. The molecule has 0 amide bonds. The molecular weight excluding hydrogens is 436 g/mol. The molecule has 0 N–H and O–H groups in total. The molecule has 1 fully saturated rings. The van der Waals surface area contributed by atoms with Gasteiger partial charge in [-0.05, 0) is 80.8 Å². The monoisotopic (exact) mass is 468 g/mol. The van der Waals surface area contributed by atoms with Crippen molar-refractivity contribution in [2.45, 2.75) is 64.0 Å². The fraction of sp³-hybridized carbons (Fsp3) is 0.423. The first-order valence-electron chi connectivity index (χ1n) is 11.2. The molecule has 0 unspecified atom stereocenters. The predicted octanol–water partition coefficient (Wildman–Crippen LogP) is 5.72. The summed E-state index contributed by atoms with van der Waals surface area (Å²) < 4.78 is 27.2. The van der Waals surface area contributed by atoms with E-state index >= 15 is 0 Å². The van der Waals surface area contributed by atoms with Crippen LogP contribution in [0.2, 0.25) is 0 Å². The van der Waals surface area contributed by atoms with Gasteiger partial charge in [-0.25, -0.2) is 13.4 Å². The third-order valence-corrected chi connectivity index (χ3v) is 10.4. The summed E-state index contributed by atoms with van der Waals surface area (Å²) in [7, 11) is -3.36. The number of hydrogen-bond donors (Lipinski definition) is 0. The molecular formula is C26H32N2O2S2. The largest absolute Gasteiger partial charge is 0.348 e. The van der Waals surface area contributed by atoms with E-state index in [9.17, 15) is 8.42 Å². The van der Waals surface area contributed by atoms with Gasteiger partial charge in [-0.3, -0.25) is 0 Å². The molecule has 170 valence electrons. The van der Waals surface area contributed by atoms with E-state index in [4.69, 9.17) is 4.98 Å². The third-order valence-electron chi connectivity index (χ3n) is 6.91. The van der Waals surface area contributed by atoms with Gasteiger partial charge in [0.25, 0.3) is 0 Å². The number of aryl methyl sites for hydroxylation is 3. The van der Waals surface area contributed by atoms with Gasteiger partial charge in [-0.15, -0.1) is 11.3 Å². The summed E-state index contributed by atoms with van der Waals surface area (Å²) in [4.78, 5) is 7.67. The molecule has 1 aromatic heterocycles. The fourth-order valence-corrected chi connectivity index (χ4v) is 7.88. The first kappa shape index (κ1) is 23.0. The fourth-order valence-electron chi connectivity index (χ4n) is 4.66. The highest BCUT2D eigenvalue weighted by Gasteiger charge is 2.34. The second-order valence-electron chi connectivity index (χ2n) is 9.05. The zero-order valence-corrected chi connectivity index (χ0v) is 21.2. The molecule has 2 aromatic carbocycles. The molecule has 4 nitrogen and oxygen atoms in total. The second kappa shape index (κ2) is 8.99. The molecule has 1 aliphatic rings. The summed E-state index contributed by atoms with van der Waals surface area (Å²) in [5.41, 5.74) is 7.56. The number of nitrogens with zero attached hydrogens (tertiary/aromatic N) is 2. The molecule has 32 heavy (non-hydrogen) atoms. The highest BCUT2D eigenvalue weighted by atomic mass is 32.2. The van der Waals surface area contributed by atoms with E-state index in [1.165, 1.54) is 11.1 Å². The van der Waals surface area contributed by atoms with Gasteiger partial charge in [0.2, 0.25) is 0 Å². The standard InChI is InChI=1S/C26H32N2O2S2/c1-17-8-6-7-9-22(17)15-23-16-31-26(27-23)28-12-10-24(11-13-28)32(29,30)25-20(4)18(2)14-19(3)21(25)5/h6-9,14,16,24H,10-13,15H2,1-5H3. The topological polar surface area (TPSA) is 50.3 Å². The van der Waals surface area contributed by atoms with Gasteiger partial charge in [-0.2, -0.15) is 0 Å². The minimum absolute atomic E-state index is 0.330. The first-order valence-corrected chi connectivity index (χ1v) is 13.7. The highest BCUT2D eigenvalue weighted by molar-refractivity contribution is 7.92. The van der Waals surface area contributed by atoms with Crippen molar-refractivity contribution in [3.05, 3.63) is 74.8 Å². The average molecular weight is 469 g/mol.